The molecule has 0 saturated heterocycles. The van der Waals surface area contributed by atoms with Gasteiger partial charge in [-0.3, -0.25) is 4.79 Å². The highest BCUT2D eigenvalue weighted by Crippen LogP contribution is 2.17. The summed E-state index contributed by atoms with van der Waals surface area (Å²) in [6.07, 6.45) is 0. The standard InChI is InChI=1S/C14H12F2N2O3S/c1-17-22(20,21)11-5-2-9(3-6-11)14(19)18-13-7-4-10(15)8-12(13)16/h2-8,17H,1H3,(H,18,19). The fraction of sp³-hybridized carbons (Fsp3) is 0.0714. The Labute approximate surface area is 126 Å². The van der Waals surface area contributed by atoms with E-state index in [9.17, 15) is 22.0 Å². The van der Waals surface area contributed by atoms with Crippen LogP contribution in [-0.2, 0) is 10.0 Å². The van der Waals surface area contributed by atoms with Gasteiger partial charge < -0.3 is 5.32 Å². The topological polar surface area (TPSA) is 75.3 Å². The summed E-state index contributed by atoms with van der Waals surface area (Å²) in [4.78, 5) is 11.9. The van der Waals surface area contributed by atoms with E-state index in [-0.39, 0.29) is 16.1 Å². The Bertz CT molecular complexity index is 805. The van der Waals surface area contributed by atoms with Gasteiger partial charge in [0.1, 0.15) is 11.6 Å². The van der Waals surface area contributed by atoms with Crippen molar-refractivity contribution in [3.05, 3.63) is 59.7 Å². The lowest BCUT2D eigenvalue weighted by atomic mass is 10.2. The molecule has 1 amide bonds. The first-order valence-electron chi connectivity index (χ1n) is 6.13. The number of carbonyl (C=O) groups is 1. The quantitative estimate of drug-likeness (QED) is 0.904. The van der Waals surface area contributed by atoms with Crippen LogP contribution in [0.2, 0.25) is 0 Å². The summed E-state index contributed by atoms with van der Waals surface area (Å²) in [5.74, 6) is -2.29. The molecule has 0 saturated carbocycles. The summed E-state index contributed by atoms with van der Waals surface area (Å²) >= 11 is 0. The van der Waals surface area contributed by atoms with Crippen LogP contribution in [-0.4, -0.2) is 21.4 Å². The van der Waals surface area contributed by atoms with Crippen LogP contribution in [0.4, 0.5) is 14.5 Å². The summed E-state index contributed by atoms with van der Waals surface area (Å²) in [6, 6.07) is 7.85. The van der Waals surface area contributed by atoms with Crippen LogP contribution < -0.4 is 10.0 Å². The lowest BCUT2D eigenvalue weighted by Crippen LogP contribution is -2.19. The third-order valence-electron chi connectivity index (χ3n) is 2.87. The van der Waals surface area contributed by atoms with E-state index in [1.807, 2.05) is 0 Å². The Morgan fingerprint density at radius 3 is 2.23 bits per heavy atom. The summed E-state index contributed by atoms with van der Waals surface area (Å²) < 4.78 is 51.5. The first kappa shape index (κ1) is 16.1. The van der Waals surface area contributed by atoms with Gasteiger partial charge in [-0.1, -0.05) is 0 Å². The number of hydrogen-bond donors (Lipinski definition) is 2. The van der Waals surface area contributed by atoms with E-state index in [0.29, 0.717) is 6.07 Å². The number of carbonyl (C=O) groups excluding carboxylic acids is 1. The van der Waals surface area contributed by atoms with Crippen molar-refractivity contribution in [3.8, 4) is 0 Å². The highest BCUT2D eigenvalue weighted by Gasteiger charge is 2.14. The van der Waals surface area contributed by atoms with Gasteiger partial charge in [-0.15, -0.1) is 0 Å². The number of sulfonamides is 1. The first-order chi connectivity index (χ1) is 10.3. The molecule has 22 heavy (non-hydrogen) atoms. The molecule has 0 bridgehead atoms. The monoisotopic (exact) mass is 326 g/mol. The van der Waals surface area contributed by atoms with Crippen molar-refractivity contribution in [2.45, 2.75) is 4.90 Å². The number of benzene rings is 2. The maximum absolute atomic E-state index is 13.5. The Morgan fingerprint density at radius 2 is 1.68 bits per heavy atom. The predicted molar refractivity (Wildman–Crippen MR) is 77.0 cm³/mol. The van der Waals surface area contributed by atoms with Crippen LogP contribution in [0.5, 0.6) is 0 Å². The van der Waals surface area contributed by atoms with Gasteiger partial charge in [-0.25, -0.2) is 21.9 Å². The molecule has 2 aromatic carbocycles. The largest absolute Gasteiger partial charge is 0.319 e. The van der Waals surface area contributed by atoms with Crippen molar-refractivity contribution in [1.82, 2.24) is 4.72 Å². The van der Waals surface area contributed by atoms with Crippen LogP contribution in [0.25, 0.3) is 0 Å². The van der Waals surface area contributed by atoms with Gasteiger partial charge in [0, 0.05) is 11.6 Å². The predicted octanol–water partition coefficient (Wildman–Crippen LogP) is 2.13. The molecule has 0 unspecified atom stereocenters. The van der Waals surface area contributed by atoms with Crippen molar-refractivity contribution in [2.75, 3.05) is 12.4 Å². The normalized spacial score (nSPS) is 11.2. The molecule has 5 nitrogen and oxygen atoms in total. The van der Waals surface area contributed by atoms with Crippen LogP contribution in [0, 0.1) is 11.6 Å². The lowest BCUT2D eigenvalue weighted by molar-refractivity contribution is 0.102. The van der Waals surface area contributed by atoms with Gasteiger partial charge in [0.05, 0.1) is 10.6 Å². The average Bonchev–Trinajstić information content (AvgIpc) is 2.50. The Morgan fingerprint density at radius 1 is 1.05 bits per heavy atom. The molecule has 0 radical (unpaired) electrons. The van der Waals surface area contributed by atoms with E-state index in [0.717, 1.165) is 12.1 Å². The highest BCUT2D eigenvalue weighted by molar-refractivity contribution is 7.89. The molecule has 0 aromatic heterocycles. The SMILES string of the molecule is CNS(=O)(=O)c1ccc(C(=O)Nc2ccc(F)cc2F)cc1. The second kappa shape index (κ2) is 6.20. The molecule has 0 spiro atoms. The summed E-state index contributed by atoms with van der Waals surface area (Å²) in [7, 11) is -2.32. The molecule has 0 aliphatic heterocycles. The maximum Gasteiger partial charge on any atom is 0.255 e. The van der Waals surface area contributed by atoms with Gasteiger partial charge in [0.2, 0.25) is 10.0 Å². The molecule has 0 heterocycles. The maximum atomic E-state index is 13.5. The van der Waals surface area contributed by atoms with E-state index in [2.05, 4.69) is 10.0 Å². The molecule has 0 aliphatic rings. The number of halogens is 2. The number of hydrogen-bond acceptors (Lipinski definition) is 3. The fourth-order valence-corrected chi connectivity index (χ4v) is 2.42. The van der Waals surface area contributed by atoms with Gasteiger partial charge in [-0.2, -0.15) is 0 Å². The molecule has 2 N–H and O–H groups in total. The van der Waals surface area contributed by atoms with E-state index in [1.165, 1.54) is 31.3 Å². The third-order valence-corrected chi connectivity index (χ3v) is 4.31. The third kappa shape index (κ3) is 3.46. The van der Waals surface area contributed by atoms with Crippen molar-refractivity contribution < 1.29 is 22.0 Å². The molecule has 0 aliphatic carbocycles. The molecular weight excluding hydrogens is 314 g/mol. The number of amides is 1. The smallest absolute Gasteiger partial charge is 0.255 e. The lowest BCUT2D eigenvalue weighted by Gasteiger charge is -2.07. The second-order valence-electron chi connectivity index (χ2n) is 4.31. The average molecular weight is 326 g/mol. The molecule has 2 aromatic rings. The number of nitrogens with one attached hydrogen (secondary N) is 2. The summed E-state index contributed by atoms with van der Waals surface area (Å²) in [5.41, 5.74) is -0.0305. The van der Waals surface area contributed by atoms with Crippen molar-refractivity contribution in [3.63, 3.8) is 0 Å². The fourth-order valence-electron chi connectivity index (χ4n) is 1.69. The van der Waals surface area contributed by atoms with E-state index in [1.54, 1.807) is 0 Å². The van der Waals surface area contributed by atoms with Crippen LogP contribution in [0.1, 0.15) is 10.4 Å². The molecule has 116 valence electrons. The van der Waals surface area contributed by atoms with Crippen molar-refractivity contribution >= 4 is 21.6 Å². The first-order valence-corrected chi connectivity index (χ1v) is 7.62. The zero-order valence-corrected chi connectivity index (χ0v) is 12.2. The van der Waals surface area contributed by atoms with Crippen LogP contribution in [0.3, 0.4) is 0 Å². The number of rotatable bonds is 4. The van der Waals surface area contributed by atoms with Gasteiger partial charge in [-0.05, 0) is 43.4 Å². The second-order valence-corrected chi connectivity index (χ2v) is 6.20. The molecule has 0 fully saturated rings. The minimum atomic E-state index is -3.59. The minimum absolute atomic E-state index is 0.000451. The zero-order valence-electron chi connectivity index (χ0n) is 11.4. The summed E-state index contributed by atoms with van der Waals surface area (Å²) in [5, 5.41) is 2.28. The van der Waals surface area contributed by atoms with Gasteiger partial charge >= 0.3 is 0 Å². The Kier molecular flexibility index (Phi) is 4.53. The molecule has 8 heteroatoms. The summed E-state index contributed by atoms with van der Waals surface area (Å²) in [6.45, 7) is 0. The molecule has 2 rings (SSSR count). The van der Waals surface area contributed by atoms with E-state index in [4.69, 9.17) is 0 Å². The zero-order chi connectivity index (χ0) is 16.3. The Hall–Kier alpha value is -2.32. The van der Waals surface area contributed by atoms with Gasteiger partial charge in [0.15, 0.2) is 0 Å². The van der Waals surface area contributed by atoms with Crippen molar-refractivity contribution in [2.24, 2.45) is 0 Å². The highest BCUT2D eigenvalue weighted by atomic mass is 32.2. The Balaban J connectivity index is 2.20. The van der Waals surface area contributed by atoms with Gasteiger partial charge in [0.25, 0.3) is 5.91 Å². The minimum Gasteiger partial charge on any atom is -0.319 e. The number of anilines is 1. The van der Waals surface area contributed by atoms with E-state index < -0.39 is 27.6 Å². The van der Waals surface area contributed by atoms with E-state index >= 15 is 0 Å². The van der Waals surface area contributed by atoms with Crippen LogP contribution >= 0.6 is 0 Å². The molecular formula is C14H12F2N2O3S. The van der Waals surface area contributed by atoms with Crippen LogP contribution in [0.15, 0.2) is 47.4 Å². The molecule has 0 atom stereocenters. The van der Waals surface area contributed by atoms with Crippen molar-refractivity contribution in [1.29, 1.82) is 0 Å².